The van der Waals surface area contributed by atoms with Crippen LogP contribution in [-0.2, 0) is 6.42 Å². The van der Waals surface area contributed by atoms with E-state index in [1.165, 1.54) is 5.56 Å². The molecule has 0 aromatic heterocycles. The van der Waals surface area contributed by atoms with Crippen LogP contribution in [0.3, 0.4) is 0 Å². The molecule has 84 valence electrons. The highest BCUT2D eigenvalue weighted by Gasteiger charge is 2.09. The van der Waals surface area contributed by atoms with Crippen molar-refractivity contribution in [2.75, 3.05) is 20.8 Å². The van der Waals surface area contributed by atoms with Crippen LogP contribution in [0.25, 0.3) is 0 Å². The molecule has 3 nitrogen and oxygen atoms in total. The fraction of sp³-hybridized carbons (Fsp3) is 0.455. The molecule has 1 aromatic carbocycles. The van der Waals surface area contributed by atoms with Crippen LogP contribution in [0.1, 0.15) is 12.0 Å². The Morgan fingerprint density at radius 1 is 1.27 bits per heavy atom. The van der Waals surface area contributed by atoms with Crippen molar-refractivity contribution in [2.24, 2.45) is 5.73 Å². The number of nitrogens with two attached hydrogens (primary N) is 1. The molecule has 0 fully saturated rings. The molecular weight excluding hydrogens is 305 g/mol. The number of methoxy groups -OCH3 is 2. The minimum absolute atomic E-state index is 0.713. The van der Waals surface area contributed by atoms with E-state index in [0.717, 1.165) is 27.9 Å². The smallest absolute Gasteiger partial charge is 0.174 e. The summed E-state index contributed by atoms with van der Waals surface area (Å²) in [5.41, 5.74) is 6.72. The zero-order chi connectivity index (χ0) is 11.3. The summed E-state index contributed by atoms with van der Waals surface area (Å²) in [7, 11) is 3.31. The second kappa shape index (κ2) is 6.17. The lowest BCUT2D eigenvalue weighted by Gasteiger charge is -2.11. The molecule has 0 bridgehead atoms. The second-order valence-electron chi connectivity index (χ2n) is 3.21. The quantitative estimate of drug-likeness (QED) is 0.846. The van der Waals surface area contributed by atoms with Gasteiger partial charge in [0.05, 0.1) is 17.8 Å². The number of benzene rings is 1. The van der Waals surface area contributed by atoms with Gasteiger partial charge >= 0.3 is 0 Å². The van der Waals surface area contributed by atoms with Gasteiger partial charge in [-0.25, -0.2) is 0 Å². The van der Waals surface area contributed by atoms with Gasteiger partial charge in [-0.2, -0.15) is 0 Å². The Morgan fingerprint density at radius 2 is 2.00 bits per heavy atom. The van der Waals surface area contributed by atoms with Crippen LogP contribution >= 0.6 is 22.6 Å². The van der Waals surface area contributed by atoms with Crippen LogP contribution in [0.4, 0.5) is 0 Å². The third-order valence-electron chi connectivity index (χ3n) is 2.16. The third-order valence-corrected chi connectivity index (χ3v) is 2.96. The van der Waals surface area contributed by atoms with E-state index in [1.54, 1.807) is 14.2 Å². The predicted molar refractivity (Wildman–Crippen MR) is 69.6 cm³/mol. The van der Waals surface area contributed by atoms with Crippen LogP contribution in [0.2, 0.25) is 0 Å². The molecule has 0 saturated carbocycles. The molecular formula is C11H16INO2. The lowest BCUT2D eigenvalue weighted by molar-refractivity contribution is 0.352. The van der Waals surface area contributed by atoms with Gasteiger partial charge in [-0.3, -0.25) is 0 Å². The van der Waals surface area contributed by atoms with Crippen LogP contribution in [0, 0.1) is 3.57 Å². The first-order valence-corrected chi connectivity index (χ1v) is 5.91. The van der Waals surface area contributed by atoms with Crippen molar-refractivity contribution in [1.82, 2.24) is 0 Å². The summed E-state index contributed by atoms with van der Waals surface area (Å²) in [6.45, 7) is 0.713. The number of rotatable bonds is 5. The van der Waals surface area contributed by atoms with Gasteiger partial charge < -0.3 is 15.2 Å². The van der Waals surface area contributed by atoms with Gasteiger partial charge in [-0.1, -0.05) is 0 Å². The number of aryl methyl sites for hydroxylation is 1. The Hall–Kier alpha value is -0.490. The molecule has 0 atom stereocenters. The van der Waals surface area contributed by atoms with Gasteiger partial charge in [0.15, 0.2) is 11.5 Å². The van der Waals surface area contributed by atoms with Crippen molar-refractivity contribution < 1.29 is 9.47 Å². The summed E-state index contributed by atoms with van der Waals surface area (Å²) in [6.07, 6.45) is 1.97. The summed E-state index contributed by atoms with van der Waals surface area (Å²) in [5, 5.41) is 0. The van der Waals surface area contributed by atoms with E-state index >= 15 is 0 Å². The SMILES string of the molecule is COc1cc(CCCN)cc(I)c1OC. The van der Waals surface area contributed by atoms with Crippen molar-refractivity contribution in [3.8, 4) is 11.5 Å². The maximum Gasteiger partial charge on any atom is 0.174 e. The van der Waals surface area contributed by atoms with E-state index in [-0.39, 0.29) is 0 Å². The topological polar surface area (TPSA) is 44.5 Å². The zero-order valence-corrected chi connectivity index (χ0v) is 11.2. The fourth-order valence-electron chi connectivity index (χ4n) is 1.42. The highest BCUT2D eigenvalue weighted by atomic mass is 127. The third kappa shape index (κ3) is 3.24. The first-order chi connectivity index (χ1) is 7.22. The summed E-state index contributed by atoms with van der Waals surface area (Å²) in [4.78, 5) is 0. The van der Waals surface area contributed by atoms with Gasteiger partial charge in [0.1, 0.15) is 0 Å². The van der Waals surface area contributed by atoms with Gasteiger partial charge in [0.2, 0.25) is 0 Å². The molecule has 0 heterocycles. The average Bonchev–Trinajstić information content (AvgIpc) is 2.25. The van der Waals surface area contributed by atoms with Crippen molar-refractivity contribution >= 4 is 22.6 Å². The largest absolute Gasteiger partial charge is 0.493 e. The maximum absolute atomic E-state index is 5.48. The normalized spacial score (nSPS) is 10.1. The molecule has 0 saturated heterocycles. The Kier molecular flexibility index (Phi) is 5.17. The summed E-state index contributed by atoms with van der Waals surface area (Å²) < 4.78 is 11.6. The standard InChI is InChI=1S/C11H16INO2/c1-14-10-7-8(4-3-5-13)6-9(12)11(10)15-2/h6-7H,3-5,13H2,1-2H3. The average molecular weight is 321 g/mol. The molecule has 4 heteroatoms. The van der Waals surface area contributed by atoms with Crippen LogP contribution in [0.15, 0.2) is 12.1 Å². The highest BCUT2D eigenvalue weighted by molar-refractivity contribution is 14.1. The van der Waals surface area contributed by atoms with E-state index in [1.807, 2.05) is 6.07 Å². The molecule has 0 aliphatic carbocycles. The molecule has 1 aromatic rings. The van der Waals surface area contributed by atoms with E-state index in [9.17, 15) is 0 Å². The van der Waals surface area contributed by atoms with Gasteiger partial charge in [-0.05, 0) is 59.7 Å². The molecule has 0 aliphatic rings. The summed E-state index contributed by atoms with van der Waals surface area (Å²) in [6, 6.07) is 4.12. The Balaban J connectivity index is 2.97. The minimum Gasteiger partial charge on any atom is -0.493 e. The van der Waals surface area contributed by atoms with E-state index < -0.39 is 0 Å². The van der Waals surface area contributed by atoms with Crippen LogP contribution in [-0.4, -0.2) is 20.8 Å². The Bertz CT molecular complexity index is 329. The number of hydrogen-bond donors (Lipinski definition) is 1. The van der Waals surface area contributed by atoms with Crippen molar-refractivity contribution in [1.29, 1.82) is 0 Å². The van der Waals surface area contributed by atoms with Crippen molar-refractivity contribution in [2.45, 2.75) is 12.8 Å². The lowest BCUT2D eigenvalue weighted by atomic mass is 10.1. The molecule has 0 spiro atoms. The predicted octanol–water partition coefficient (Wildman–Crippen LogP) is 2.20. The zero-order valence-electron chi connectivity index (χ0n) is 9.05. The fourth-order valence-corrected chi connectivity index (χ4v) is 2.31. The number of ether oxygens (including phenoxy) is 2. The van der Waals surface area contributed by atoms with Gasteiger partial charge in [0.25, 0.3) is 0 Å². The number of halogens is 1. The van der Waals surface area contributed by atoms with Crippen molar-refractivity contribution in [3.63, 3.8) is 0 Å². The van der Waals surface area contributed by atoms with Gasteiger partial charge in [-0.15, -0.1) is 0 Å². The number of hydrogen-bond acceptors (Lipinski definition) is 3. The molecule has 0 amide bonds. The molecule has 1 rings (SSSR count). The van der Waals surface area contributed by atoms with E-state index in [4.69, 9.17) is 15.2 Å². The second-order valence-corrected chi connectivity index (χ2v) is 4.37. The monoisotopic (exact) mass is 321 g/mol. The minimum atomic E-state index is 0.713. The molecule has 2 N–H and O–H groups in total. The van der Waals surface area contributed by atoms with E-state index in [2.05, 4.69) is 28.7 Å². The summed E-state index contributed by atoms with van der Waals surface area (Å²) >= 11 is 2.25. The molecule has 0 radical (unpaired) electrons. The first-order valence-electron chi connectivity index (χ1n) is 4.83. The molecule has 0 unspecified atom stereocenters. The van der Waals surface area contributed by atoms with E-state index in [0.29, 0.717) is 6.54 Å². The van der Waals surface area contributed by atoms with Crippen LogP contribution < -0.4 is 15.2 Å². The lowest BCUT2D eigenvalue weighted by Crippen LogP contribution is -2.01. The van der Waals surface area contributed by atoms with Crippen molar-refractivity contribution in [3.05, 3.63) is 21.3 Å². The Morgan fingerprint density at radius 3 is 2.53 bits per heavy atom. The maximum atomic E-state index is 5.48. The van der Waals surface area contributed by atoms with Gasteiger partial charge in [0, 0.05) is 0 Å². The van der Waals surface area contributed by atoms with Crippen LogP contribution in [0.5, 0.6) is 11.5 Å². The highest BCUT2D eigenvalue weighted by Crippen LogP contribution is 2.33. The summed E-state index contributed by atoms with van der Waals surface area (Å²) in [5.74, 6) is 1.59. The first kappa shape index (κ1) is 12.6. The Labute approximate surface area is 104 Å². The molecule has 0 aliphatic heterocycles. The molecule has 15 heavy (non-hydrogen) atoms.